The van der Waals surface area contributed by atoms with Crippen LogP contribution in [0.5, 0.6) is 0 Å². The maximum absolute atomic E-state index is 11.6. The highest BCUT2D eigenvalue weighted by Gasteiger charge is 2.28. The fourth-order valence-corrected chi connectivity index (χ4v) is 1.68. The number of hydrogen-bond acceptors (Lipinski definition) is 3. The smallest absolute Gasteiger partial charge is 0.312 e. The molecule has 0 heterocycles. The van der Waals surface area contributed by atoms with Gasteiger partial charge >= 0.3 is 5.97 Å². The Hall–Kier alpha value is -1.10. The second kappa shape index (κ2) is 5.70. The molecule has 0 aliphatic heterocycles. The zero-order valence-corrected chi connectivity index (χ0v) is 8.69. The Labute approximate surface area is 88.7 Å². The van der Waals surface area contributed by atoms with Gasteiger partial charge in [-0.05, 0) is 25.7 Å². The minimum atomic E-state index is -1.09. The zero-order valence-electron chi connectivity index (χ0n) is 8.69. The number of aliphatic hydroxyl groups excluding tert-OH is 1. The van der Waals surface area contributed by atoms with Crippen molar-refractivity contribution in [1.82, 2.24) is 4.90 Å². The van der Waals surface area contributed by atoms with Gasteiger partial charge < -0.3 is 15.1 Å². The molecule has 2 N–H and O–H groups in total. The molecule has 0 spiro atoms. The molecule has 0 aromatic carbocycles. The summed E-state index contributed by atoms with van der Waals surface area (Å²) in [6.45, 7) is 0.497. The number of rotatable bonds is 6. The van der Waals surface area contributed by atoms with E-state index in [1.807, 2.05) is 0 Å². The van der Waals surface area contributed by atoms with Crippen LogP contribution >= 0.6 is 0 Å². The molecule has 5 nitrogen and oxygen atoms in total. The van der Waals surface area contributed by atoms with Crippen molar-refractivity contribution in [2.24, 2.45) is 0 Å². The molecule has 86 valence electrons. The molecule has 1 saturated carbocycles. The fourth-order valence-electron chi connectivity index (χ4n) is 1.68. The number of aliphatic hydroxyl groups is 1. The Morgan fingerprint density at radius 1 is 1.33 bits per heavy atom. The van der Waals surface area contributed by atoms with Crippen LogP contribution in [0.25, 0.3) is 0 Å². The van der Waals surface area contributed by atoms with Gasteiger partial charge in [-0.2, -0.15) is 0 Å². The highest BCUT2D eigenvalue weighted by Crippen LogP contribution is 2.25. The van der Waals surface area contributed by atoms with Gasteiger partial charge in [0.25, 0.3) is 0 Å². The molecular formula is C10H17NO4. The van der Waals surface area contributed by atoms with Crippen LogP contribution in [0.3, 0.4) is 0 Å². The van der Waals surface area contributed by atoms with Crippen LogP contribution < -0.4 is 0 Å². The molecule has 1 aliphatic carbocycles. The first-order valence-electron chi connectivity index (χ1n) is 5.27. The number of amides is 1. The Kier molecular flexibility index (Phi) is 4.55. The Morgan fingerprint density at radius 2 is 2.00 bits per heavy atom. The Bertz CT molecular complexity index is 238. The van der Waals surface area contributed by atoms with Gasteiger partial charge in [0.1, 0.15) is 6.42 Å². The first kappa shape index (κ1) is 12.0. The number of carbonyl (C=O) groups excluding carboxylic acids is 1. The molecule has 0 saturated heterocycles. The van der Waals surface area contributed by atoms with Crippen LogP contribution in [0.15, 0.2) is 0 Å². The summed E-state index contributed by atoms with van der Waals surface area (Å²) >= 11 is 0. The van der Waals surface area contributed by atoms with Crippen molar-refractivity contribution in [3.8, 4) is 0 Å². The number of aliphatic carboxylic acids is 1. The van der Waals surface area contributed by atoms with Gasteiger partial charge in [-0.25, -0.2) is 0 Å². The van der Waals surface area contributed by atoms with E-state index in [0.717, 1.165) is 19.3 Å². The van der Waals surface area contributed by atoms with Gasteiger partial charge in [-0.1, -0.05) is 0 Å². The van der Waals surface area contributed by atoms with Crippen molar-refractivity contribution in [1.29, 1.82) is 0 Å². The minimum Gasteiger partial charge on any atom is -0.481 e. The lowest BCUT2D eigenvalue weighted by atomic mass is 9.91. The number of carbonyl (C=O) groups is 2. The topological polar surface area (TPSA) is 77.8 Å². The number of carboxylic acids is 1. The van der Waals surface area contributed by atoms with E-state index in [0.29, 0.717) is 13.0 Å². The van der Waals surface area contributed by atoms with Gasteiger partial charge in [0, 0.05) is 19.2 Å². The van der Waals surface area contributed by atoms with Crippen LogP contribution in [-0.2, 0) is 9.59 Å². The molecule has 1 rings (SSSR count). The van der Waals surface area contributed by atoms with E-state index in [2.05, 4.69) is 0 Å². The highest BCUT2D eigenvalue weighted by atomic mass is 16.4. The molecule has 0 unspecified atom stereocenters. The predicted octanol–water partition coefficient (Wildman–Crippen LogP) is 0.225. The Balaban J connectivity index is 2.46. The Morgan fingerprint density at radius 3 is 2.40 bits per heavy atom. The van der Waals surface area contributed by atoms with Crippen molar-refractivity contribution in [2.75, 3.05) is 13.2 Å². The van der Waals surface area contributed by atoms with E-state index in [4.69, 9.17) is 10.2 Å². The molecule has 0 radical (unpaired) electrons. The van der Waals surface area contributed by atoms with Crippen molar-refractivity contribution >= 4 is 11.9 Å². The minimum absolute atomic E-state index is 0.0313. The SMILES string of the molecule is O=C(O)CC(=O)N(CCCO)C1CCC1. The third-order valence-corrected chi connectivity index (χ3v) is 2.70. The summed E-state index contributed by atoms with van der Waals surface area (Å²) in [6.07, 6.45) is 3.08. The van der Waals surface area contributed by atoms with E-state index >= 15 is 0 Å². The van der Waals surface area contributed by atoms with E-state index in [1.54, 1.807) is 4.90 Å². The van der Waals surface area contributed by atoms with E-state index in [-0.39, 0.29) is 18.6 Å². The van der Waals surface area contributed by atoms with Gasteiger partial charge in [-0.3, -0.25) is 9.59 Å². The van der Waals surface area contributed by atoms with Gasteiger partial charge in [0.15, 0.2) is 0 Å². The largest absolute Gasteiger partial charge is 0.481 e. The highest BCUT2D eigenvalue weighted by molar-refractivity contribution is 5.93. The van der Waals surface area contributed by atoms with Gasteiger partial charge in [-0.15, -0.1) is 0 Å². The molecule has 1 aliphatic rings. The van der Waals surface area contributed by atoms with Crippen LogP contribution in [0.1, 0.15) is 32.1 Å². The summed E-state index contributed by atoms with van der Waals surface area (Å²) in [5.74, 6) is -1.42. The van der Waals surface area contributed by atoms with Gasteiger partial charge in [0.05, 0.1) is 0 Å². The molecule has 0 atom stereocenters. The summed E-state index contributed by atoms with van der Waals surface area (Å²) in [4.78, 5) is 23.6. The lowest BCUT2D eigenvalue weighted by molar-refractivity contribution is -0.146. The number of hydrogen-bond donors (Lipinski definition) is 2. The van der Waals surface area contributed by atoms with E-state index in [9.17, 15) is 9.59 Å². The first-order valence-corrected chi connectivity index (χ1v) is 5.27. The summed E-state index contributed by atoms with van der Waals surface area (Å²) < 4.78 is 0. The molecule has 0 aromatic heterocycles. The molecular weight excluding hydrogens is 198 g/mol. The van der Waals surface area contributed by atoms with Crippen LogP contribution in [-0.4, -0.2) is 46.2 Å². The van der Waals surface area contributed by atoms with E-state index in [1.165, 1.54) is 0 Å². The second-order valence-electron chi connectivity index (χ2n) is 3.82. The lowest BCUT2D eigenvalue weighted by Gasteiger charge is -2.37. The molecule has 0 bridgehead atoms. The molecule has 5 heteroatoms. The normalized spacial score (nSPS) is 15.8. The summed E-state index contributed by atoms with van der Waals surface area (Å²) in [5.41, 5.74) is 0. The van der Waals surface area contributed by atoms with Crippen molar-refractivity contribution in [2.45, 2.75) is 38.1 Å². The summed E-state index contributed by atoms with van der Waals surface area (Å²) in [6, 6.07) is 0.198. The molecule has 1 fully saturated rings. The second-order valence-corrected chi connectivity index (χ2v) is 3.82. The number of nitrogens with zero attached hydrogens (tertiary/aromatic N) is 1. The van der Waals surface area contributed by atoms with Crippen LogP contribution in [0.2, 0.25) is 0 Å². The summed E-state index contributed by atoms with van der Waals surface area (Å²) in [5, 5.41) is 17.2. The van der Waals surface area contributed by atoms with Gasteiger partial charge in [0.2, 0.25) is 5.91 Å². The monoisotopic (exact) mass is 215 g/mol. The van der Waals surface area contributed by atoms with E-state index < -0.39 is 12.4 Å². The summed E-state index contributed by atoms with van der Waals surface area (Å²) in [7, 11) is 0. The molecule has 1 amide bonds. The zero-order chi connectivity index (χ0) is 11.3. The van der Waals surface area contributed by atoms with Crippen molar-refractivity contribution in [3.63, 3.8) is 0 Å². The fraction of sp³-hybridized carbons (Fsp3) is 0.800. The maximum Gasteiger partial charge on any atom is 0.312 e. The third kappa shape index (κ3) is 3.51. The van der Waals surface area contributed by atoms with Crippen LogP contribution in [0, 0.1) is 0 Å². The van der Waals surface area contributed by atoms with Crippen molar-refractivity contribution < 1.29 is 19.8 Å². The number of carboxylic acid groups (broad SMARTS) is 1. The van der Waals surface area contributed by atoms with Crippen LogP contribution in [0.4, 0.5) is 0 Å². The average Bonchev–Trinajstić information content (AvgIpc) is 2.07. The third-order valence-electron chi connectivity index (χ3n) is 2.70. The molecule has 0 aromatic rings. The predicted molar refractivity (Wildman–Crippen MR) is 53.3 cm³/mol. The lowest BCUT2D eigenvalue weighted by Crippen LogP contribution is -2.45. The molecule has 15 heavy (non-hydrogen) atoms. The average molecular weight is 215 g/mol. The first-order chi connectivity index (χ1) is 7.15. The maximum atomic E-state index is 11.6. The standard InChI is InChI=1S/C10H17NO4/c12-6-2-5-11(8-3-1-4-8)9(13)7-10(14)15/h8,12H,1-7H2,(H,14,15). The quantitative estimate of drug-likeness (QED) is 0.621. The van der Waals surface area contributed by atoms with Crippen molar-refractivity contribution in [3.05, 3.63) is 0 Å².